The second-order valence-corrected chi connectivity index (χ2v) is 8.90. The number of hydrogen-bond acceptors (Lipinski definition) is 12. The van der Waals surface area contributed by atoms with Crippen molar-refractivity contribution < 1.29 is 58.5 Å². The molecule has 1 aliphatic carbocycles. The zero-order valence-electron chi connectivity index (χ0n) is 19.2. The molecule has 6 rings (SSSR count). The van der Waals surface area contributed by atoms with Crippen molar-refractivity contribution in [1.82, 2.24) is 0 Å². The van der Waals surface area contributed by atoms with Gasteiger partial charge < -0.3 is 44.2 Å². The number of carbonyl (C=O) groups is 3. The van der Waals surface area contributed by atoms with E-state index in [2.05, 4.69) is 0 Å². The van der Waals surface area contributed by atoms with Crippen LogP contribution < -0.4 is 15.1 Å². The molecule has 1 spiro atoms. The first-order valence-electron chi connectivity index (χ1n) is 11.1. The summed E-state index contributed by atoms with van der Waals surface area (Å²) in [5, 5.41) is 51.8. The van der Waals surface area contributed by atoms with Crippen molar-refractivity contribution in [2.45, 2.75) is 24.7 Å². The van der Waals surface area contributed by atoms with Gasteiger partial charge in [0.05, 0.1) is 23.8 Å². The number of aliphatic hydroxyl groups is 1. The molecule has 13 nitrogen and oxygen atoms in total. The highest BCUT2D eigenvalue weighted by Crippen LogP contribution is 2.52. The number of aromatic carboxylic acids is 1. The summed E-state index contributed by atoms with van der Waals surface area (Å²) >= 11 is 0. The van der Waals surface area contributed by atoms with Crippen LogP contribution in [0.3, 0.4) is 0 Å². The van der Waals surface area contributed by atoms with E-state index in [-0.39, 0.29) is 29.7 Å². The van der Waals surface area contributed by atoms with Crippen LogP contribution in [0, 0.1) is 0 Å². The lowest BCUT2D eigenvalue weighted by Crippen LogP contribution is -2.49. The van der Waals surface area contributed by atoms with Crippen molar-refractivity contribution in [3.8, 4) is 28.7 Å². The summed E-state index contributed by atoms with van der Waals surface area (Å²) in [6.07, 6.45) is -1.98. The van der Waals surface area contributed by atoms with Crippen molar-refractivity contribution >= 4 is 28.3 Å². The second-order valence-electron chi connectivity index (χ2n) is 8.90. The third kappa shape index (κ3) is 2.84. The molecule has 5 N–H and O–H groups in total. The van der Waals surface area contributed by atoms with Gasteiger partial charge in [-0.3, -0.25) is 9.59 Å². The number of carboxylic acid groups (broad SMARTS) is 1. The van der Waals surface area contributed by atoms with E-state index in [1.807, 2.05) is 0 Å². The number of hydrogen-bond donors (Lipinski definition) is 5. The normalized spacial score (nSPS) is 21.6. The minimum atomic E-state index is -2.09. The number of phenolic OH excluding ortho intramolecular Hbond substituents is 3. The molecule has 0 radical (unpaired) electrons. The average molecular weight is 524 g/mol. The predicted octanol–water partition coefficient (Wildman–Crippen LogP) is 1.36. The Kier molecular flexibility index (Phi) is 4.60. The van der Waals surface area contributed by atoms with Gasteiger partial charge in [-0.15, -0.1) is 0 Å². The zero-order valence-corrected chi connectivity index (χ0v) is 19.2. The van der Waals surface area contributed by atoms with Gasteiger partial charge in [0.25, 0.3) is 5.79 Å². The number of ether oxygens (including phenoxy) is 3. The van der Waals surface area contributed by atoms with Crippen molar-refractivity contribution in [3.05, 3.63) is 62.4 Å². The highest BCUT2D eigenvalue weighted by atomic mass is 16.7. The Morgan fingerprint density at radius 2 is 1.76 bits per heavy atom. The lowest BCUT2D eigenvalue weighted by molar-refractivity contribution is -0.195. The number of phenols is 3. The summed E-state index contributed by atoms with van der Waals surface area (Å²) < 4.78 is 21.2. The molecule has 2 unspecified atom stereocenters. The van der Waals surface area contributed by atoms with E-state index in [1.165, 1.54) is 13.2 Å². The molecule has 1 aromatic heterocycles. The average Bonchev–Trinajstić information content (AvgIpc) is 3.15. The van der Waals surface area contributed by atoms with Crippen molar-refractivity contribution in [1.29, 1.82) is 0 Å². The van der Waals surface area contributed by atoms with E-state index >= 15 is 0 Å². The van der Waals surface area contributed by atoms with Crippen LogP contribution in [0.2, 0.25) is 0 Å². The number of allylic oxidation sites excluding steroid dienone is 1. The van der Waals surface area contributed by atoms with Gasteiger partial charge in [0, 0.05) is 12.5 Å². The number of benzene rings is 2. The Bertz CT molecular complexity index is 1740. The molecule has 3 aromatic rings. The minimum Gasteiger partial charge on any atom is -0.507 e. The third-order valence-corrected chi connectivity index (χ3v) is 6.86. The molecule has 0 saturated heterocycles. The lowest BCUT2D eigenvalue weighted by Gasteiger charge is -2.37. The molecule has 194 valence electrons. The fraction of sp³-hybridized carbons (Fsp3) is 0.200. The summed E-state index contributed by atoms with van der Waals surface area (Å²) in [5.41, 5.74) is -2.48. The Morgan fingerprint density at radius 3 is 2.45 bits per heavy atom. The number of carbonyl (C=O) groups excluding carboxylic acids is 2. The van der Waals surface area contributed by atoms with Crippen LogP contribution in [-0.2, 0) is 11.2 Å². The Hall–Kier alpha value is -5.04. The topological polar surface area (TPSA) is 210 Å². The monoisotopic (exact) mass is 524 g/mol. The first-order valence-corrected chi connectivity index (χ1v) is 11.1. The molecule has 38 heavy (non-hydrogen) atoms. The van der Waals surface area contributed by atoms with Crippen LogP contribution in [-0.4, -0.2) is 62.1 Å². The highest BCUT2D eigenvalue weighted by molar-refractivity contribution is 6.29. The van der Waals surface area contributed by atoms with Crippen molar-refractivity contribution in [2.75, 3.05) is 7.11 Å². The van der Waals surface area contributed by atoms with E-state index in [0.29, 0.717) is 5.56 Å². The number of Topliss-reactive ketones (excluding diaryl/α,β-unsaturated/α-hetero) is 2. The minimum absolute atomic E-state index is 0.0404. The van der Waals surface area contributed by atoms with Gasteiger partial charge in [0.15, 0.2) is 40.6 Å². The van der Waals surface area contributed by atoms with E-state index in [4.69, 9.17) is 23.7 Å². The molecule has 3 heterocycles. The Balaban J connectivity index is 1.45. The van der Waals surface area contributed by atoms with Gasteiger partial charge in [0.2, 0.25) is 11.5 Å². The van der Waals surface area contributed by atoms with Gasteiger partial charge in [-0.25, -0.2) is 9.59 Å². The molecule has 13 heteroatoms. The highest BCUT2D eigenvalue weighted by Gasteiger charge is 2.59. The van der Waals surface area contributed by atoms with Crippen LogP contribution >= 0.6 is 0 Å². The van der Waals surface area contributed by atoms with Crippen LogP contribution in [0.4, 0.5) is 0 Å². The lowest BCUT2D eigenvalue weighted by atomic mass is 9.83. The van der Waals surface area contributed by atoms with Crippen molar-refractivity contribution in [2.24, 2.45) is 0 Å². The zero-order chi connectivity index (χ0) is 27.3. The molecular formula is C25H16O13. The Morgan fingerprint density at radius 1 is 1.03 bits per heavy atom. The fourth-order valence-corrected chi connectivity index (χ4v) is 5.09. The molecule has 0 saturated carbocycles. The first-order chi connectivity index (χ1) is 18.0. The van der Waals surface area contributed by atoms with Crippen LogP contribution in [0.1, 0.15) is 43.3 Å². The molecule has 2 atom stereocenters. The largest absolute Gasteiger partial charge is 0.507 e. The van der Waals surface area contributed by atoms with Gasteiger partial charge in [-0.1, -0.05) is 0 Å². The molecule has 2 aromatic carbocycles. The second kappa shape index (κ2) is 7.49. The van der Waals surface area contributed by atoms with Crippen LogP contribution in [0.5, 0.6) is 28.7 Å². The van der Waals surface area contributed by atoms with E-state index < -0.39 is 85.9 Å². The third-order valence-electron chi connectivity index (χ3n) is 6.86. The van der Waals surface area contributed by atoms with Gasteiger partial charge in [-0.2, -0.15) is 0 Å². The van der Waals surface area contributed by atoms with Crippen LogP contribution in [0.15, 0.2) is 38.7 Å². The van der Waals surface area contributed by atoms with Gasteiger partial charge in [-0.05, 0) is 29.5 Å². The maximum Gasteiger partial charge on any atom is 0.371 e. The summed E-state index contributed by atoms with van der Waals surface area (Å²) in [5.74, 6) is -9.52. The predicted molar refractivity (Wildman–Crippen MR) is 122 cm³/mol. The van der Waals surface area contributed by atoms with E-state index in [1.54, 1.807) is 0 Å². The summed E-state index contributed by atoms with van der Waals surface area (Å²) in [6.45, 7) is 0. The number of aryl methyl sites for hydroxylation is 1. The summed E-state index contributed by atoms with van der Waals surface area (Å²) in [7, 11) is 1.18. The fourth-order valence-electron chi connectivity index (χ4n) is 5.09. The number of rotatable bonds is 2. The number of ketones is 2. The first kappa shape index (κ1) is 23.4. The molecule has 0 amide bonds. The summed E-state index contributed by atoms with van der Waals surface area (Å²) in [6, 6.07) is 3.41. The number of aromatic hydroxyl groups is 3. The molecule has 0 fully saturated rings. The number of fused-ring (bicyclic) bond motifs is 3. The molecule has 3 aliphatic rings. The smallest absolute Gasteiger partial charge is 0.371 e. The van der Waals surface area contributed by atoms with E-state index in [0.717, 1.165) is 12.1 Å². The maximum atomic E-state index is 13.3. The molecule has 2 aliphatic heterocycles. The SMILES string of the molecule is COc1cc(O)c2c(c1O)C(=O)C1=C(C2=O)C(O)C2(CCc3cc4cc(C(=O)O)oc(=O)c4c(O)c3O2)O1. The Labute approximate surface area is 210 Å². The molecular weight excluding hydrogens is 508 g/mol. The van der Waals surface area contributed by atoms with Gasteiger partial charge >= 0.3 is 11.6 Å². The standard InChI is InChI=1S/C25H16O13/c1-35-10-6-9(26)13-14(16(10)27)19(30)21-15(17(13)28)22(31)25(38-21)3-2-7-4-8-5-11(23(32)33)36-24(34)12(8)18(29)20(7)37-25/h4-6,22,26-27,29,31H,2-3H2,1H3,(H,32,33). The maximum absolute atomic E-state index is 13.3. The number of aliphatic hydroxyl groups excluding tert-OH is 1. The van der Waals surface area contributed by atoms with E-state index in [9.17, 15) is 39.6 Å². The summed E-state index contributed by atoms with van der Waals surface area (Å²) in [4.78, 5) is 50.3. The van der Waals surface area contributed by atoms with Crippen molar-refractivity contribution in [3.63, 3.8) is 0 Å². The van der Waals surface area contributed by atoms with Crippen LogP contribution in [0.25, 0.3) is 10.8 Å². The molecule has 0 bridgehead atoms. The quantitative estimate of drug-likeness (QED) is 0.300. The number of carboxylic acids is 1. The van der Waals surface area contributed by atoms with Gasteiger partial charge in [0.1, 0.15) is 11.1 Å². The number of methoxy groups -OCH3 is 1.